The average Bonchev–Trinajstić information content (AvgIpc) is 2.93. The minimum absolute atomic E-state index is 0.454. The maximum atomic E-state index is 13.6. The number of amides is 2. The summed E-state index contributed by atoms with van der Waals surface area (Å²) in [6.45, 7) is 0. The van der Waals surface area contributed by atoms with E-state index in [1.165, 1.54) is 7.11 Å². The van der Waals surface area contributed by atoms with Crippen molar-refractivity contribution in [3.63, 3.8) is 0 Å². The highest BCUT2D eigenvalue weighted by Crippen LogP contribution is 2.37. The zero-order valence-electron chi connectivity index (χ0n) is 20.4. The summed E-state index contributed by atoms with van der Waals surface area (Å²) in [6, 6.07) is 24.6. The molecule has 3 aromatic carbocycles. The van der Waals surface area contributed by atoms with Crippen molar-refractivity contribution in [2.24, 2.45) is 0 Å². The third-order valence-corrected chi connectivity index (χ3v) is 5.98. The van der Waals surface area contributed by atoms with Crippen LogP contribution in [0, 0.1) is 0 Å². The van der Waals surface area contributed by atoms with Gasteiger partial charge in [-0.25, -0.2) is 4.79 Å². The van der Waals surface area contributed by atoms with Crippen molar-refractivity contribution in [3.05, 3.63) is 108 Å². The molecule has 3 N–H and O–H groups in total. The van der Waals surface area contributed by atoms with Crippen LogP contribution >= 0.6 is 0 Å². The molecule has 2 amide bonds. The average molecular weight is 498 g/mol. The normalized spacial score (nSPS) is 11.4. The zero-order chi connectivity index (χ0) is 26.2. The minimum Gasteiger partial charge on any atom is -0.496 e. The smallest absolute Gasteiger partial charge is 0.405 e. The number of nitrogens with one attached hydrogen (secondary N) is 2. The fraction of sp³-hybridized carbons (Fsp3) is 0.138. The highest BCUT2D eigenvalue weighted by atomic mass is 16.5. The van der Waals surface area contributed by atoms with Gasteiger partial charge in [0.15, 0.2) is 0 Å². The van der Waals surface area contributed by atoms with Crippen LogP contribution in [0.4, 0.5) is 10.5 Å². The van der Waals surface area contributed by atoms with Crippen LogP contribution in [0.15, 0.2) is 97.3 Å². The van der Waals surface area contributed by atoms with Gasteiger partial charge >= 0.3 is 6.09 Å². The quantitative estimate of drug-likeness (QED) is 0.294. The molecule has 0 saturated carbocycles. The van der Waals surface area contributed by atoms with Crippen molar-refractivity contribution in [3.8, 4) is 22.6 Å². The lowest BCUT2D eigenvalue weighted by molar-refractivity contribution is -0.118. The van der Waals surface area contributed by atoms with Crippen molar-refractivity contribution < 1.29 is 24.2 Å². The molecule has 188 valence electrons. The van der Waals surface area contributed by atoms with E-state index in [-0.39, 0.29) is 0 Å². The van der Waals surface area contributed by atoms with Gasteiger partial charge < -0.3 is 25.2 Å². The molecule has 0 aliphatic carbocycles. The van der Waals surface area contributed by atoms with Crippen LogP contribution in [-0.2, 0) is 4.79 Å². The van der Waals surface area contributed by atoms with Gasteiger partial charge in [0, 0.05) is 35.0 Å². The maximum absolute atomic E-state index is 13.6. The molecule has 0 saturated heterocycles. The third kappa shape index (κ3) is 5.87. The number of nitrogens with zero attached hydrogens (tertiary/aromatic N) is 1. The van der Waals surface area contributed by atoms with Crippen molar-refractivity contribution in [1.29, 1.82) is 0 Å². The number of pyridine rings is 1. The molecule has 37 heavy (non-hydrogen) atoms. The molecule has 0 unspecified atom stereocenters. The van der Waals surface area contributed by atoms with E-state index in [2.05, 4.69) is 15.6 Å². The molecule has 0 fully saturated rings. The molecular formula is C29H27N3O5. The Labute approximate surface area is 214 Å². The summed E-state index contributed by atoms with van der Waals surface area (Å²) in [6.07, 6.45) is 1.97. The number of carbonyl (C=O) groups excluding carboxylic acids is 1. The second-order valence-corrected chi connectivity index (χ2v) is 8.21. The van der Waals surface area contributed by atoms with Crippen LogP contribution in [0.25, 0.3) is 11.1 Å². The standard InChI is InChI=1S/C29H27N3O5/c1-36-24-17-21(13-14-22(24)23-15-16-30-18-25(23)37-2)31-28(33)27(32-29(34)35)26(19-9-5-3-6-10-19)20-11-7-4-8-12-20/h3-18,26-27,32H,1-2H3,(H,31,33)(H,34,35)/t27-/m0/s1. The summed E-state index contributed by atoms with van der Waals surface area (Å²) in [4.78, 5) is 29.4. The van der Waals surface area contributed by atoms with E-state index in [1.54, 1.807) is 37.7 Å². The van der Waals surface area contributed by atoms with E-state index in [9.17, 15) is 14.7 Å². The van der Waals surface area contributed by atoms with E-state index in [0.29, 0.717) is 17.2 Å². The van der Waals surface area contributed by atoms with E-state index in [0.717, 1.165) is 22.3 Å². The highest BCUT2D eigenvalue weighted by Gasteiger charge is 2.32. The molecule has 0 aliphatic rings. The van der Waals surface area contributed by atoms with Gasteiger partial charge in [0.25, 0.3) is 0 Å². The van der Waals surface area contributed by atoms with Gasteiger partial charge in [-0.15, -0.1) is 0 Å². The number of hydrogen-bond donors (Lipinski definition) is 3. The molecule has 8 heteroatoms. The molecule has 4 rings (SSSR count). The van der Waals surface area contributed by atoms with Crippen molar-refractivity contribution in [1.82, 2.24) is 10.3 Å². The first-order valence-corrected chi connectivity index (χ1v) is 11.6. The highest BCUT2D eigenvalue weighted by molar-refractivity contribution is 5.98. The van der Waals surface area contributed by atoms with Crippen molar-refractivity contribution in [2.75, 3.05) is 19.5 Å². The number of methoxy groups -OCH3 is 2. The summed E-state index contributed by atoms with van der Waals surface area (Å²) in [7, 11) is 3.10. The van der Waals surface area contributed by atoms with E-state index < -0.39 is 24.0 Å². The van der Waals surface area contributed by atoms with Crippen LogP contribution in [0.3, 0.4) is 0 Å². The predicted molar refractivity (Wildman–Crippen MR) is 141 cm³/mol. The van der Waals surface area contributed by atoms with Crippen molar-refractivity contribution in [2.45, 2.75) is 12.0 Å². The van der Waals surface area contributed by atoms with Crippen LogP contribution in [0.5, 0.6) is 11.5 Å². The molecule has 4 aromatic rings. The van der Waals surface area contributed by atoms with E-state index in [4.69, 9.17) is 9.47 Å². The Kier molecular flexibility index (Phi) is 8.00. The summed E-state index contributed by atoms with van der Waals surface area (Å²) in [5.41, 5.74) is 3.61. The van der Waals surface area contributed by atoms with Crippen LogP contribution in [-0.4, -0.2) is 42.4 Å². The second-order valence-electron chi connectivity index (χ2n) is 8.21. The van der Waals surface area contributed by atoms with Gasteiger partial charge in [-0.05, 0) is 29.3 Å². The summed E-state index contributed by atoms with van der Waals surface area (Å²) >= 11 is 0. The Hall–Kier alpha value is -4.85. The molecule has 0 bridgehead atoms. The third-order valence-electron chi connectivity index (χ3n) is 5.98. The van der Waals surface area contributed by atoms with Crippen LogP contribution in [0.2, 0.25) is 0 Å². The van der Waals surface area contributed by atoms with E-state index in [1.807, 2.05) is 66.7 Å². The number of rotatable bonds is 9. The molecule has 1 heterocycles. The molecule has 8 nitrogen and oxygen atoms in total. The number of anilines is 1. The van der Waals surface area contributed by atoms with E-state index >= 15 is 0 Å². The summed E-state index contributed by atoms with van der Waals surface area (Å²) < 4.78 is 11.0. The minimum atomic E-state index is -1.30. The summed E-state index contributed by atoms with van der Waals surface area (Å²) in [5.74, 6) is 0.0294. The van der Waals surface area contributed by atoms with Crippen LogP contribution < -0.4 is 20.1 Å². The largest absolute Gasteiger partial charge is 0.496 e. The Morgan fingerprint density at radius 1 is 0.811 bits per heavy atom. The van der Waals surface area contributed by atoms with Gasteiger partial charge in [-0.3, -0.25) is 9.78 Å². The topological polar surface area (TPSA) is 110 Å². The number of benzene rings is 3. The fourth-order valence-electron chi connectivity index (χ4n) is 4.31. The Morgan fingerprint density at radius 3 is 1.97 bits per heavy atom. The van der Waals surface area contributed by atoms with Gasteiger partial charge in [-0.1, -0.05) is 60.7 Å². The summed E-state index contributed by atoms with van der Waals surface area (Å²) in [5, 5.41) is 14.9. The van der Waals surface area contributed by atoms with Gasteiger partial charge in [0.2, 0.25) is 5.91 Å². The van der Waals surface area contributed by atoms with Crippen LogP contribution in [0.1, 0.15) is 17.0 Å². The Bertz CT molecular complexity index is 1320. The first kappa shape index (κ1) is 25.2. The Balaban J connectivity index is 1.69. The van der Waals surface area contributed by atoms with Gasteiger partial charge in [0.1, 0.15) is 17.5 Å². The Morgan fingerprint density at radius 2 is 1.41 bits per heavy atom. The monoisotopic (exact) mass is 497 g/mol. The molecule has 1 aromatic heterocycles. The number of aromatic nitrogens is 1. The molecule has 0 aliphatic heterocycles. The lowest BCUT2D eigenvalue weighted by Gasteiger charge is -2.27. The lowest BCUT2D eigenvalue weighted by Crippen LogP contribution is -2.47. The number of carbonyl (C=O) groups is 2. The SMILES string of the molecule is COc1cnccc1-c1ccc(NC(=O)[C@@H](NC(=O)O)C(c2ccccc2)c2ccccc2)cc1OC. The van der Waals surface area contributed by atoms with Gasteiger partial charge in [-0.2, -0.15) is 0 Å². The molecule has 1 atom stereocenters. The number of carboxylic acid groups (broad SMARTS) is 1. The lowest BCUT2D eigenvalue weighted by atomic mass is 9.84. The van der Waals surface area contributed by atoms with Crippen molar-refractivity contribution >= 4 is 17.7 Å². The van der Waals surface area contributed by atoms with Gasteiger partial charge in [0.05, 0.1) is 20.4 Å². The first-order chi connectivity index (χ1) is 18.0. The predicted octanol–water partition coefficient (Wildman–Crippen LogP) is 5.17. The maximum Gasteiger partial charge on any atom is 0.405 e. The first-order valence-electron chi connectivity index (χ1n) is 11.6. The second kappa shape index (κ2) is 11.7. The molecular weight excluding hydrogens is 470 g/mol. The number of ether oxygens (including phenoxy) is 2. The number of hydrogen-bond acceptors (Lipinski definition) is 5. The fourth-order valence-corrected chi connectivity index (χ4v) is 4.31. The zero-order valence-corrected chi connectivity index (χ0v) is 20.4. The molecule has 0 spiro atoms. The molecule has 0 radical (unpaired) electrons.